The molecule has 3 aliphatic rings. The van der Waals surface area contributed by atoms with Crippen molar-refractivity contribution in [3.63, 3.8) is 0 Å². The number of fused-ring (bicyclic) bond motifs is 1. The van der Waals surface area contributed by atoms with E-state index in [0.717, 1.165) is 17.8 Å². The zero-order valence-corrected chi connectivity index (χ0v) is 17.5. The maximum absolute atomic E-state index is 9.72. The molecule has 0 aromatic rings. The van der Waals surface area contributed by atoms with Crippen LogP contribution in [0.4, 0.5) is 0 Å². The number of aliphatic hydroxyl groups is 1. The summed E-state index contributed by atoms with van der Waals surface area (Å²) in [6.07, 6.45) is 15.1. The molecule has 0 spiro atoms. The summed E-state index contributed by atoms with van der Waals surface area (Å²) < 4.78 is 0. The summed E-state index contributed by atoms with van der Waals surface area (Å²) >= 11 is 0. The van der Waals surface area contributed by atoms with Gasteiger partial charge in [-0.05, 0) is 91.8 Å². The number of rotatable bonds is 5. The Kier molecular flexibility index (Phi) is 5.74. The van der Waals surface area contributed by atoms with Crippen LogP contribution in [0.2, 0.25) is 0 Å². The van der Waals surface area contributed by atoms with Crippen LogP contribution in [0, 0.1) is 40.4 Å². The van der Waals surface area contributed by atoms with Crippen LogP contribution in [-0.2, 0) is 0 Å². The predicted octanol–water partition coefficient (Wildman–Crippen LogP) is 6.61. The maximum Gasteiger partial charge on any atom is 0.0459 e. The molecule has 1 heteroatoms. The number of hydrogen-bond acceptors (Lipinski definition) is 1. The van der Waals surface area contributed by atoms with Gasteiger partial charge in [-0.3, -0.25) is 0 Å². The number of hydrogen-bond donors (Lipinski definition) is 1. The van der Waals surface area contributed by atoms with Gasteiger partial charge in [0.15, 0.2) is 0 Å². The Balaban J connectivity index is 1.77. The van der Waals surface area contributed by atoms with Gasteiger partial charge < -0.3 is 5.11 Å². The Bertz CT molecular complexity index is 494. The molecule has 0 aromatic carbocycles. The van der Waals surface area contributed by atoms with E-state index in [2.05, 4.69) is 40.7 Å². The molecule has 3 rings (SSSR count). The van der Waals surface area contributed by atoms with Crippen LogP contribution in [0.15, 0.2) is 11.6 Å². The highest BCUT2D eigenvalue weighted by Gasteiger charge is 2.51. The van der Waals surface area contributed by atoms with E-state index in [-0.39, 0.29) is 0 Å². The highest BCUT2D eigenvalue weighted by Crippen LogP contribution is 2.60. The van der Waals surface area contributed by atoms with Crippen molar-refractivity contribution in [3.05, 3.63) is 11.6 Å². The van der Waals surface area contributed by atoms with Gasteiger partial charge in [-0.2, -0.15) is 0 Å². The third-order valence-corrected chi connectivity index (χ3v) is 9.03. The van der Waals surface area contributed by atoms with Gasteiger partial charge in [0.1, 0.15) is 0 Å². The molecule has 25 heavy (non-hydrogen) atoms. The van der Waals surface area contributed by atoms with Crippen molar-refractivity contribution in [2.24, 2.45) is 40.4 Å². The van der Waals surface area contributed by atoms with E-state index in [9.17, 15) is 5.11 Å². The molecule has 0 saturated heterocycles. The fraction of sp³-hybridized carbons (Fsp3) is 0.917. The lowest BCUT2D eigenvalue weighted by molar-refractivity contribution is 0.0682. The van der Waals surface area contributed by atoms with Crippen molar-refractivity contribution in [2.45, 2.75) is 92.4 Å². The van der Waals surface area contributed by atoms with E-state index in [0.29, 0.717) is 29.3 Å². The fourth-order valence-corrected chi connectivity index (χ4v) is 7.02. The monoisotopic (exact) mass is 346 g/mol. The van der Waals surface area contributed by atoms with E-state index in [1.807, 2.05) is 0 Å². The van der Waals surface area contributed by atoms with Gasteiger partial charge in [-0.25, -0.2) is 0 Å². The first-order valence-corrected chi connectivity index (χ1v) is 11.2. The quantitative estimate of drug-likeness (QED) is 0.555. The molecule has 0 radical (unpaired) electrons. The molecule has 0 aliphatic heterocycles. The number of allylic oxidation sites excluding steroid dienone is 2. The first kappa shape index (κ1) is 19.5. The van der Waals surface area contributed by atoms with Gasteiger partial charge in [0.05, 0.1) is 0 Å². The Hall–Kier alpha value is -0.300. The van der Waals surface area contributed by atoms with Gasteiger partial charge >= 0.3 is 0 Å². The molecule has 144 valence electrons. The van der Waals surface area contributed by atoms with Crippen molar-refractivity contribution in [2.75, 3.05) is 6.61 Å². The molecule has 7 unspecified atom stereocenters. The SMILES string of the molecule is CCC1CCC(C)(C(C)C=C2CCCC3(C)C2CCC3C(C)CO)C1. The minimum atomic E-state index is 0.360. The van der Waals surface area contributed by atoms with E-state index in [4.69, 9.17) is 0 Å². The van der Waals surface area contributed by atoms with Gasteiger partial charge in [0.25, 0.3) is 0 Å². The lowest BCUT2D eigenvalue weighted by Crippen LogP contribution is -2.37. The lowest BCUT2D eigenvalue weighted by atomic mass is 9.60. The topological polar surface area (TPSA) is 20.2 Å². The van der Waals surface area contributed by atoms with E-state index < -0.39 is 0 Å². The average Bonchev–Trinajstić information content (AvgIpc) is 3.15. The van der Waals surface area contributed by atoms with Gasteiger partial charge in [-0.1, -0.05) is 52.7 Å². The summed E-state index contributed by atoms with van der Waals surface area (Å²) in [6, 6.07) is 0. The summed E-state index contributed by atoms with van der Waals surface area (Å²) in [4.78, 5) is 0. The lowest BCUT2D eigenvalue weighted by Gasteiger charge is -2.45. The normalized spacial score (nSPS) is 45.5. The van der Waals surface area contributed by atoms with Crippen LogP contribution < -0.4 is 0 Å². The van der Waals surface area contributed by atoms with Crippen molar-refractivity contribution in [3.8, 4) is 0 Å². The second-order valence-electron chi connectivity index (χ2n) is 10.5. The van der Waals surface area contributed by atoms with Crippen LogP contribution in [-0.4, -0.2) is 11.7 Å². The second kappa shape index (κ2) is 7.37. The molecule has 0 amide bonds. The molecule has 1 nitrogen and oxygen atoms in total. The molecule has 0 bridgehead atoms. The Morgan fingerprint density at radius 3 is 2.56 bits per heavy atom. The second-order valence-corrected chi connectivity index (χ2v) is 10.5. The van der Waals surface area contributed by atoms with Crippen LogP contribution in [0.3, 0.4) is 0 Å². The van der Waals surface area contributed by atoms with Crippen molar-refractivity contribution in [1.29, 1.82) is 0 Å². The average molecular weight is 347 g/mol. The Morgan fingerprint density at radius 1 is 1.16 bits per heavy atom. The van der Waals surface area contributed by atoms with Crippen LogP contribution in [0.1, 0.15) is 92.4 Å². The first-order valence-electron chi connectivity index (χ1n) is 11.2. The minimum absolute atomic E-state index is 0.360. The third-order valence-electron chi connectivity index (χ3n) is 9.03. The summed E-state index contributed by atoms with van der Waals surface area (Å²) in [6.45, 7) is 12.6. The highest BCUT2D eigenvalue weighted by molar-refractivity contribution is 5.20. The smallest absolute Gasteiger partial charge is 0.0459 e. The Morgan fingerprint density at radius 2 is 1.92 bits per heavy atom. The van der Waals surface area contributed by atoms with E-state index in [1.165, 1.54) is 57.8 Å². The van der Waals surface area contributed by atoms with Gasteiger partial charge in [0.2, 0.25) is 0 Å². The molecule has 0 aromatic heterocycles. The predicted molar refractivity (Wildman–Crippen MR) is 107 cm³/mol. The van der Waals surface area contributed by atoms with Gasteiger partial charge in [-0.15, -0.1) is 0 Å². The number of aliphatic hydroxyl groups excluding tert-OH is 1. The van der Waals surface area contributed by atoms with Crippen molar-refractivity contribution < 1.29 is 5.11 Å². The molecule has 1 N–H and O–H groups in total. The molecule has 7 atom stereocenters. The molecule has 3 saturated carbocycles. The van der Waals surface area contributed by atoms with Gasteiger partial charge in [0, 0.05) is 6.61 Å². The van der Waals surface area contributed by atoms with E-state index >= 15 is 0 Å². The minimum Gasteiger partial charge on any atom is -0.396 e. The third kappa shape index (κ3) is 3.47. The molecular formula is C24H42O. The van der Waals surface area contributed by atoms with Crippen LogP contribution in [0.25, 0.3) is 0 Å². The zero-order chi connectivity index (χ0) is 18.2. The zero-order valence-electron chi connectivity index (χ0n) is 17.5. The maximum atomic E-state index is 9.72. The summed E-state index contributed by atoms with van der Waals surface area (Å²) in [5, 5.41) is 9.72. The fourth-order valence-electron chi connectivity index (χ4n) is 7.02. The molecule has 3 fully saturated rings. The van der Waals surface area contributed by atoms with E-state index in [1.54, 1.807) is 5.57 Å². The molecule has 0 heterocycles. The van der Waals surface area contributed by atoms with Crippen LogP contribution in [0.5, 0.6) is 0 Å². The standard InChI is InChI=1S/C24H42O/c1-6-19-11-13-23(4,15-19)18(3)14-20-8-7-12-24(5)21(17(2)16-25)9-10-22(20)24/h14,17-19,21-22,25H,6-13,15-16H2,1-5H3. The summed E-state index contributed by atoms with van der Waals surface area (Å²) in [5.74, 6) is 3.65. The van der Waals surface area contributed by atoms with Crippen molar-refractivity contribution in [1.82, 2.24) is 0 Å². The summed E-state index contributed by atoms with van der Waals surface area (Å²) in [5.41, 5.74) is 2.75. The highest BCUT2D eigenvalue weighted by atomic mass is 16.3. The summed E-state index contributed by atoms with van der Waals surface area (Å²) in [7, 11) is 0. The first-order chi connectivity index (χ1) is 11.8. The molecule has 3 aliphatic carbocycles. The molecular weight excluding hydrogens is 304 g/mol. The largest absolute Gasteiger partial charge is 0.396 e. The Labute approximate surface area is 156 Å². The van der Waals surface area contributed by atoms with Crippen molar-refractivity contribution >= 4 is 0 Å². The van der Waals surface area contributed by atoms with Crippen LogP contribution >= 0.6 is 0 Å².